The van der Waals surface area contributed by atoms with Crippen LogP contribution in [0.25, 0.3) is 0 Å². The van der Waals surface area contributed by atoms with Crippen molar-refractivity contribution in [2.24, 2.45) is 5.92 Å². The Balaban J connectivity index is 1.89. The molecule has 0 aliphatic carbocycles. The second kappa shape index (κ2) is 7.16. The molecule has 1 N–H and O–H groups in total. The number of furan rings is 1. The van der Waals surface area contributed by atoms with Gasteiger partial charge in [-0.2, -0.15) is 0 Å². The van der Waals surface area contributed by atoms with Crippen molar-refractivity contribution in [2.75, 3.05) is 13.1 Å². The summed E-state index contributed by atoms with van der Waals surface area (Å²) in [6, 6.07) is 1.60. The summed E-state index contributed by atoms with van der Waals surface area (Å²) < 4.78 is 30.9. The van der Waals surface area contributed by atoms with Crippen LogP contribution in [0.5, 0.6) is 0 Å². The molecule has 0 saturated carbocycles. The molecule has 2 rings (SSSR count). The number of carbonyl (C=O) groups excluding carboxylic acids is 2. The molecular formula is C15H22N2O5S. The molecule has 0 radical (unpaired) electrons. The lowest BCUT2D eigenvalue weighted by molar-refractivity contribution is -0.124. The Morgan fingerprint density at radius 2 is 2.04 bits per heavy atom. The number of nitrogens with one attached hydrogen (secondary N) is 1. The van der Waals surface area contributed by atoms with Gasteiger partial charge in [-0.05, 0) is 32.3 Å². The first-order valence-corrected chi connectivity index (χ1v) is 9.26. The summed E-state index contributed by atoms with van der Waals surface area (Å²) in [5.41, 5.74) is 0.479. The number of rotatable bonds is 5. The van der Waals surface area contributed by atoms with Crippen molar-refractivity contribution in [3.63, 3.8) is 0 Å². The fourth-order valence-electron chi connectivity index (χ4n) is 2.46. The molecule has 0 spiro atoms. The highest BCUT2D eigenvalue weighted by Gasteiger charge is 2.31. The zero-order chi connectivity index (χ0) is 17.0. The average Bonchev–Trinajstić information content (AvgIpc) is 3.07. The molecule has 128 valence electrons. The van der Waals surface area contributed by atoms with Crippen molar-refractivity contribution in [1.82, 2.24) is 9.62 Å². The van der Waals surface area contributed by atoms with Crippen LogP contribution in [0.15, 0.2) is 23.0 Å². The molecule has 0 unspecified atom stereocenters. The fourth-order valence-corrected chi connectivity index (χ4v) is 3.54. The van der Waals surface area contributed by atoms with Gasteiger partial charge in [0.15, 0.2) is 0 Å². The van der Waals surface area contributed by atoms with Crippen LogP contribution in [-0.2, 0) is 14.8 Å². The molecule has 1 aliphatic heterocycles. The highest BCUT2D eigenvalue weighted by atomic mass is 32.2. The van der Waals surface area contributed by atoms with Gasteiger partial charge in [0.05, 0.1) is 17.1 Å². The van der Waals surface area contributed by atoms with Gasteiger partial charge in [-0.15, -0.1) is 0 Å². The monoisotopic (exact) mass is 342 g/mol. The van der Waals surface area contributed by atoms with Crippen molar-refractivity contribution in [3.05, 3.63) is 24.2 Å². The fraction of sp³-hybridized carbons (Fsp3) is 0.600. The summed E-state index contributed by atoms with van der Waals surface area (Å²) in [5, 5.41) is -0.603. The predicted octanol–water partition coefficient (Wildman–Crippen LogP) is 1.38. The molecule has 1 aliphatic rings. The summed E-state index contributed by atoms with van der Waals surface area (Å²) in [6.07, 6.45) is 4.17. The molecule has 1 atom stereocenters. The third-order valence-corrected chi connectivity index (χ3v) is 6.15. The molecule has 0 aromatic carbocycles. The zero-order valence-corrected chi connectivity index (χ0v) is 14.1. The van der Waals surface area contributed by atoms with E-state index in [0.717, 1.165) is 0 Å². The molecular weight excluding hydrogens is 320 g/mol. The normalized spacial score (nSPS) is 17.7. The van der Waals surface area contributed by atoms with E-state index in [1.807, 2.05) is 0 Å². The van der Waals surface area contributed by atoms with E-state index in [1.165, 1.54) is 12.5 Å². The Morgan fingerprint density at radius 3 is 2.57 bits per heavy atom. The molecule has 0 bridgehead atoms. The molecule has 1 fully saturated rings. The van der Waals surface area contributed by atoms with Crippen molar-refractivity contribution in [2.45, 2.75) is 38.4 Å². The second-order valence-corrected chi connectivity index (χ2v) is 7.91. The minimum Gasteiger partial charge on any atom is -0.472 e. The van der Waals surface area contributed by atoms with Crippen molar-refractivity contribution >= 4 is 21.8 Å². The number of piperidine rings is 1. The quantitative estimate of drug-likeness (QED) is 0.872. The molecule has 23 heavy (non-hydrogen) atoms. The van der Waals surface area contributed by atoms with E-state index in [1.54, 1.807) is 24.8 Å². The topological polar surface area (TPSA) is 96.7 Å². The van der Waals surface area contributed by atoms with Crippen LogP contribution in [-0.4, -0.2) is 43.5 Å². The van der Waals surface area contributed by atoms with E-state index < -0.39 is 21.2 Å². The number of likely N-dealkylation sites (tertiary alicyclic amines) is 1. The van der Waals surface area contributed by atoms with E-state index in [-0.39, 0.29) is 11.8 Å². The standard InChI is InChI=1S/C15H22N2O5S/c1-3-11(2)23(20,21)16-14(18)12-4-7-17(8-5-12)15(19)13-6-9-22-10-13/h6,9-12H,3-5,7-8H2,1-2H3,(H,16,18)/t11-/m0/s1. The van der Waals surface area contributed by atoms with Gasteiger partial charge in [0.2, 0.25) is 15.9 Å². The SMILES string of the molecule is CC[C@H](C)S(=O)(=O)NC(=O)C1CCN(C(=O)c2ccoc2)CC1. The van der Waals surface area contributed by atoms with E-state index in [9.17, 15) is 18.0 Å². The Kier molecular flexibility index (Phi) is 5.46. The van der Waals surface area contributed by atoms with Gasteiger partial charge in [0, 0.05) is 19.0 Å². The molecule has 1 aromatic rings. The van der Waals surface area contributed by atoms with E-state index in [0.29, 0.717) is 37.9 Å². The third kappa shape index (κ3) is 4.13. The van der Waals surface area contributed by atoms with Crippen LogP contribution in [0.3, 0.4) is 0 Å². The Morgan fingerprint density at radius 1 is 1.39 bits per heavy atom. The second-order valence-electron chi connectivity index (χ2n) is 5.81. The maximum atomic E-state index is 12.2. The van der Waals surface area contributed by atoms with Crippen molar-refractivity contribution in [3.8, 4) is 0 Å². The van der Waals surface area contributed by atoms with Gasteiger partial charge in [-0.3, -0.25) is 14.3 Å². The van der Waals surface area contributed by atoms with Gasteiger partial charge in [0.1, 0.15) is 6.26 Å². The van der Waals surface area contributed by atoms with Crippen LogP contribution < -0.4 is 4.72 Å². The summed E-state index contributed by atoms with van der Waals surface area (Å²) in [4.78, 5) is 25.9. The van der Waals surface area contributed by atoms with Crippen molar-refractivity contribution in [1.29, 1.82) is 0 Å². The first-order valence-electron chi connectivity index (χ1n) is 7.72. The molecule has 1 saturated heterocycles. The van der Waals surface area contributed by atoms with Gasteiger partial charge in [-0.25, -0.2) is 8.42 Å². The lowest BCUT2D eigenvalue weighted by atomic mass is 9.96. The maximum absolute atomic E-state index is 12.2. The van der Waals surface area contributed by atoms with E-state index in [2.05, 4.69) is 4.72 Å². The zero-order valence-electron chi connectivity index (χ0n) is 13.3. The van der Waals surface area contributed by atoms with Gasteiger partial charge in [0.25, 0.3) is 5.91 Å². The van der Waals surface area contributed by atoms with Crippen LogP contribution >= 0.6 is 0 Å². The Hall–Kier alpha value is -1.83. The number of sulfonamides is 1. The highest BCUT2D eigenvalue weighted by Crippen LogP contribution is 2.20. The minimum atomic E-state index is -3.62. The van der Waals surface area contributed by atoms with Gasteiger partial charge in [-0.1, -0.05) is 6.92 Å². The minimum absolute atomic E-state index is 0.134. The Bertz CT molecular complexity index is 645. The molecule has 2 heterocycles. The largest absolute Gasteiger partial charge is 0.472 e. The number of nitrogens with zero attached hydrogens (tertiary/aromatic N) is 1. The molecule has 2 amide bonds. The van der Waals surface area contributed by atoms with Gasteiger partial charge >= 0.3 is 0 Å². The molecule has 7 nitrogen and oxygen atoms in total. The number of hydrogen-bond donors (Lipinski definition) is 1. The van der Waals surface area contributed by atoms with Crippen LogP contribution in [0, 0.1) is 5.92 Å². The summed E-state index contributed by atoms with van der Waals surface area (Å²) >= 11 is 0. The first kappa shape index (κ1) is 17.5. The van der Waals surface area contributed by atoms with E-state index >= 15 is 0 Å². The molecule has 8 heteroatoms. The van der Waals surface area contributed by atoms with Crippen LogP contribution in [0.4, 0.5) is 0 Å². The first-order chi connectivity index (χ1) is 10.8. The predicted molar refractivity (Wildman–Crippen MR) is 84.2 cm³/mol. The Labute approximate surface area is 136 Å². The third-order valence-electron chi connectivity index (χ3n) is 4.27. The number of hydrogen-bond acceptors (Lipinski definition) is 5. The van der Waals surface area contributed by atoms with Gasteiger partial charge < -0.3 is 9.32 Å². The van der Waals surface area contributed by atoms with Crippen molar-refractivity contribution < 1.29 is 22.4 Å². The smallest absolute Gasteiger partial charge is 0.257 e. The maximum Gasteiger partial charge on any atom is 0.257 e. The average molecular weight is 342 g/mol. The molecule has 1 aromatic heterocycles. The lowest BCUT2D eigenvalue weighted by Gasteiger charge is -2.31. The van der Waals surface area contributed by atoms with Crippen LogP contribution in [0.1, 0.15) is 43.5 Å². The summed E-state index contributed by atoms with van der Waals surface area (Å²) in [6.45, 7) is 4.17. The highest BCUT2D eigenvalue weighted by molar-refractivity contribution is 7.90. The number of amides is 2. The summed E-state index contributed by atoms with van der Waals surface area (Å²) in [5.74, 6) is -0.993. The summed E-state index contributed by atoms with van der Waals surface area (Å²) in [7, 11) is -3.62. The lowest BCUT2D eigenvalue weighted by Crippen LogP contribution is -2.45. The number of carbonyl (C=O) groups is 2. The van der Waals surface area contributed by atoms with E-state index in [4.69, 9.17) is 4.42 Å². The van der Waals surface area contributed by atoms with Crippen LogP contribution in [0.2, 0.25) is 0 Å².